The molecule has 0 aromatic rings. The molecule has 0 aromatic carbocycles. The summed E-state index contributed by atoms with van der Waals surface area (Å²) in [4.78, 5) is 6.97. The maximum absolute atomic E-state index is 8.88. The number of hydrogen-bond donors (Lipinski definition) is 1. The lowest BCUT2D eigenvalue weighted by Gasteiger charge is -1.61. The predicted octanol–water partition coefficient (Wildman–Crippen LogP) is 2.20. The molecule has 7 heteroatoms. The summed E-state index contributed by atoms with van der Waals surface area (Å²) >= 11 is 0. The van der Waals surface area contributed by atoms with E-state index in [2.05, 4.69) is 34.1 Å². The van der Waals surface area contributed by atoms with E-state index >= 15 is 0 Å². The molecule has 0 saturated heterocycles. The molecule has 0 saturated carbocycles. The Morgan fingerprint density at radius 3 is 1.38 bits per heavy atom. The highest BCUT2D eigenvalue weighted by Gasteiger charge is 1.65. The van der Waals surface area contributed by atoms with E-state index in [1.54, 1.807) is 0 Å². The largest absolute Gasteiger partial charge is 0.301 e. The Balaban J connectivity index is -0.0000000450. The molecule has 0 aliphatic rings. The second-order valence-electron chi connectivity index (χ2n) is 1.29. The first-order valence-electron chi connectivity index (χ1n) is 3.18. The fourth-order valence-corrected chi connectivity index (χ4v) is 0. The molecule has 4 nitrogen and oxygen atoms in total. The van der Waals surface area contributed by atoms with Gasteiger partial charge in [0, 0.05) is 23.8 Å². The smallest absolute Gasteiger partial charge is 0.253 e. The Hall–Kier alpha value is 0.0300. The quantitative estimate of drug-likeness (QED) is 0.464. The number of hydrogen-bond acceptors (Lipinski definition) is 3. The van der Waals surface area contributed by atoms with Crippen molar-refractivity contribution in [2.24, 2.45) is 9.98 Å². The highest BCUT2D eigenvalue weighted by Crippen LogP contribution is 1.72. The molecule has 0 radical (unpaired) electrons. The van der Waals surface area contributed by atoms with Crippen LogP contribution in [0.4, 0.5) is 0 Å². The highest BCUT2D eigenvalue weighted by molar-refractivity contribution is 8.03. The molecule has 0 fully saturated rings. The van der Waals surface area contributed by atoms with Crippen molar-refractivity contribution < 1.29 is 8.76 Å². The first-order chi connectivity index (χ1) is 5.56. The van der Waals surface area contributed by atoms with Gasteiger partial charge in [0.1, 0.15) is 0 Å². The van der Waals surface area contributed by atoms with Crippen LogP contribution in [0.3, 0.4) is 0 Å². The zero-order valence-electron chi connectivity index (χ0n) is 7.77. The Bertz CT molecular complexity index is 113. The summed E-state index contributed by atoms with van der Waals surface area (Å²) < 4.78 is 16.2. The zero-order chi connectivity index (χ0) is 10.4. The van der Waals surface area contributed by atoms with Gasteiger partial charge in [0.15, 0.2) is 0 Å². The van der Waals surface area contributed by atoms with Gasteiger partial charge in [-0.15, -0.1) is 12.4 Å². The van der Waals surface area contributed by atoms with Crippen LogP contribution in [-0.4, -0.2) is 35.3 Å². The van der Waals surface area contributed by atoms with Gasteiger partial charge in [0.05, 0.1) is 0 Å². The maximum atomic E-state index is 8.88. The van der Waals surface area contributed by atoms with Crippen molar-refractivity contribution in [3.8, 4) is 0 Å². The van der Waals surface area contributed by atoms with Gasteiger partial charge in [-0.3, -0.25) is 4.55 Å². The van der Waals surface area contributed by atoms with Gasteiger partial charge in [-0.05, 0) is 27.3 Å². The van der Waals surface area contributed by atoms with Crippen molar-refractivity contribution >= 4 is 46.8 Å². The topological polar surface area (TPSA) is 62.0 Å². The van der Waals surface area contributed by atoms with Crippen LogP contribution in [0, 0.1) is 0 Å². The minimum atomic E-state index is -2.14. The van der Waals surface area contributed by atoms with E-state index in [1.165, 1.54) is 0 Å². The zero-order valence-corrected chi connectivity index (χ0v) is 10.2. The SMILES string of the molecule is C=NCC.C=NCC.Cl.O=S(O)Cl. The minimum absolute atomic E-state index is 0. The van der Waals surface area contributed by atoms with Crippen molar-refractivity contribution in [2.75, 3.05) is 13.1 Å². The number of rotatable bonds is 2. The molecule has 1 unspecified atom stereocenters. The van der Waals surface area contributed by atoms with Crippen LogP contribution in [0.5, 0.6) is 0 Å². The third-order valence-corrected chi connectivity index (χ3v) is 0.447. The van der Waals surface area contributed by atoms with Gasteiger partial charge in [-0.1, -0.05) is 0 Å². The number of halogens is 2. The standard InChI is InChI=1S/2C3H7N.ClHO2S.ClH/c2*1-3-4-2;1-4(2)3;/h2*2-3H2,1H3;(H,2,3);1H. The molecular formula is C6H16Cl2N2O2S. The summed E-state index contributed by atoms with van der Waals surface area (Å²) in [5.41, 5.74) is 0. The highest BCUT2D eigenvalue weighted by atomic mass is 35.7. The van der Waals surface area contributed by atoms with Crippen molar-refractivity contribution in [3.63, 3.8) is 0 Å². The summed E-state index contributed by atoms with van der Waals surface area (Å²) in [6, 6.07) is 0. The van der Waals surface area contributed by atoms with E-state index in [9.17, 15) is 0 Å². The first-order valence-corrected chi connectivity index (χ1v) is 5.12. The maximum Gasteiger partial charge on any atom is 0.253 e. The average molecular weight is 251 g/mol. The molecule has 0 heterocycles. The van der Waals surface area contributed by atoms with Crippen LogP contribution in [0.1, 0.15) is 13.8 Å². The van der Waals surface area contributed by atoms with E-state index in [0.717, 1.165) is 13.1 Å². The number of aliphatic imine (C=N–C) groups is 2. The van der Waals surface area contributed by atoms with E-state index in [1.807, 2.05) is 13.8 Å². The summed E-state index contributed by atoms with van der Waals surface area (Å²) in [5, 5.41) is 0. The van der Waals surface area contributed by atoms with Crippen LogP contribution < -0.4 is 0 Å². The molecule has 82 valence electrons. The monoisotopic (exact) mass is 250 g/mol. The molecule has 0 spiro atoms. The van der Waals surface area contributed by atoms with Crippen LogP contribution in [-0.2, 0) is 10.3 Å². The molecule has 13 heavy (non-hydrogen) atoms. The molecule has 0 rings (SSSR count). The third kappa shape index (κ3) is 294. The van der Waals surface area contributed by atoms with Crippen molar-refractivity contribution in [3.05, 3.63) is 0 Å². The van der Waals surface area contributed by atoms with E-state index < -0.39 is 10.3 Å². The summed E-state index contributed by atoms with van der Waals surface area (Å²) in [6.07, 6.45) is 0. The molecule has 0 aromatic heterocycles. The lowest BCUT2D eigenvalue weighted by Crippen LogP contribution is -1.60. The molecule has 0 amide bonds. The van der Waals surface area contributed by atoms with E-state index in [0.29, 0.717) is 0 Å². The average Bonchev–Trinajstić information content (AvgIpc) is 2.03. The van der Waals surface area contributed by atoms with Crippen molar-refractivity contribution in [2.45, 2.75) is 13.8 Å². The Morgan fingerprint density at radius 2 is 1.38 bits per heavy atom. The lowest BCUT2D eigenvalue weighted by atomic mass is 10.8. The van der Waals surface area contributed by atoms with Crippen LogP contribution in [0.25, 0.3) is 0 Å². The Labute approximate surface area is 92.7 Å². The van der Waals surface area contributed by atoms with Crippen LogP contribution in [0.15, 0.2) is 9.98 Å². The van der Waals surface area contributed by atoms with Gasteiger partial charge in [-0.25, -0.2) is 4.21 Å². The normalized spacial score (nSPS) is 8.62. The second-order valence-corrected chi connectivity index (χ2v) is 2.49. The fourth-order valence-electron chi connectivity index (χ4n) is 0. The van der Waals surface area contributed by atoms with Crippen molar-refractivity contribution in [1.29, 1.82) is 0 Å². The summed E-state index contributed by atoms with van der Waals surface area (Å²) in [7, 11) is 2.16. The molecular weight excluding hydrogens is 235 g/mol. The van der Waals surface area contributed by atoms with Gasteiger partial charge in [0.2, 0.25) is 0 Å². The molecule has 0 aliphatic heterocycles. The predicted molar refractivity (Wildman–Crippen MR) is 64.1 cm³/mol. The van der Waals surface area contributed by atoms with Crippen LogP contribution >= 0.6 is 23.1 Å². The summed E-state index contributed by atoms with van der Waals surface area (Å²) in [5.74, 6) is 0. The van der Waals surface area contributed by atoms with Crippen LogP contribution in [0.2, 0.25) is 0 Å². The first kappa shape index (κ1) is 23.1. The molecule has 0 aliphatic carbocycles. The molecule has 1 atom stereocenters. The molecule has 0 bridgehead atoms. The summed E-state index contributed by atoms with van der Waals surface area (Å²) in [6.45, 7) is 12.0. The third-order valence-electron chi connectivity index (χ3n) is 0.447. The van der Waals surface area contributed by atoms with E-state index in [-0.39, 0.29) is 12.4 Å². The lowest BCUT2D eigenvalue weighted by molar-refractivity contribution is 0.580. The Morgan fingerprint density at radius 1 is 1.31 bits per heavy atom. The number of nitrogens with zero attached hydrogens (tertiary/aromatic N) is 2. The fraction of sp³-hybridized carbons (Fsp3) is 0.667. The van der Waals surface area contributed by atoms with Gasteiger partial charge in [0.25, 0.3) is 10.3 Å². The van der Waals surface area contributed by atoms with E-state index in [4.69, 9.17) is 8.76 Å². The van der Waals surface area contributed by atoms with Crippen molar-refractivity contribution in [1.82, 2.24) is 0 Å². The van der Waals surface area contributed by atoms with Gasteiger partial charge < -0.3 is 9.98 Å². The van der Waals surface area contributed by atoms with Gasteiger partial charge >= 0.3 is 0 Å². The van der Waals surface area contributed by atoms with Gasteiger partial charge in [-0.2, -0.15) is 0 Å². The minimum Gasteiger partial charge on any atom is -0.301 e. The Kier molecular flexibility index (Phi) is 52.7. The molecule has 1 N–H and O–H groups in total. The second kappa shape index (κ2) is 29.6.